The zero-order valence-corrected chi connectivity index (χ0v) is 21.8. The number of ether oxygens (including phenoxy) is 5. The highest BCUT2D eigenvalue weighted by Gasteiger charge is 2.35. The topological polar surface area (TPSA) is 135 Å². The Morgan fingerprint density at radius 2 is 1.08 bits per heavy atom. The number of likely N-dealkylation sites (N-methyl/N-ethyl adjacent to an activating group) is 1. The molecule has 0 aliphatic carbocycles. The van der Waals surface area contributed by atoms with Gasteiger partial charge in [-0.25, -0.2) is 24.0 Å². The molecule has 6 atom stereocenters. The van der Waals surface area contributed by atoms with Crippen molar-refractivity contribution >= 4 is 29.8 Å². The van der Waals surface area contributed by atoms with Crippen LogP contribution in [0.25, 0.3) is 0 Å². The Hall–Kier alpha value is -3.89. The zero-order valence-electron chi connectivity index (χ0n) is 21.8. The molecule has 11 heteroatoms. The molecule has 0 amide bonds. The van der Waals surface area contributed by atoms with Crippen molar-refractivity contribution in [3.05, 3.63) is 48.2 Å². The molecule has 1 aliphatic heterocycles. The standard InChI is InChI=1S/C26H33NO10/c1-14-16(3)33-23(29)17(4)34-24(30)18(5)35-25(31)19(6)36-26(32)21(13-20-11-9-8-10-12-20)37-22(28)15(2)27(14)7/h8-12,15-19,21H,1,13H2,2-7H3/t15-,16-,17-,18-,19-,21-/m0/s1. The third kappa shape index (κ3) is 8.06. The monoisotopic (exact) mass is 519 g/mol. The van der Waals surface area contributed by atoms with Crippen LogP contribution >= 0.6 is 0 Å². The number of nitrogens with zero attached hydrogens (tertiary/aromatic N) is 1. The van der Waals surface area contributed by atoms with Crippen LogP contribution in [-0.2, 0) is 54.1 Å². The Morgan fingerprint density at radius 3 is 1.57 bits per heavy atom. The summed E-state index contributed by atoms with van der Waals surface area (Å²) < 4.78 is 26.1. The van der Waals surface area contributed by atoms with E-state index in [4.69, 9.17) is 23.7 Å². The summed E-state index contributed by atoms with van der Waals surface area (Å²) >= 11 is 0. The maximum absolute atomic E-state index is 13.0. The second kappa shape index (κ2) is 12.9. The lowest BCUT2D eigenvalue weighted by atomic mass is 10.1. The predicted molar refractivity (Wildman–Crippen MR) is 129 cm³/mol. The van der Waals surface area contributed by atoms with Gasteiger partial charge in [0.15, 0.2) is 18.3 Å². The van der Waals surface area contributed by atoms with Crippen molar-refractivity contribution in [2.24, 2.45) is 0 Å². The van der Waals surface area contributed by atoms with E-state index < -0.39 is 66.4 Å². The number of carbonyl (C=O) groups is 5. The Balaban J connectivity index is 2.36. The molecule has 1 heterocycles. The van der Waals surface area contributed by atoms with Crippen molar-refractivity contribution in [2.75, 3.05) is 7.05 Å². The Morgan fingerprint density at radius 1 is 0.649 bits per heavy atom. The average molecular weight is 520 g/mol. The molecule has 1 aromatic rings. The first kappa shape index (κ1) is 29.3. The first-order valence-corrected chi connectivity index (χ1v) is 11.8. The molecule has 202 valence electrons. The Kier molecular flexibility index (Phi) is 10.2. The molecule has 11 nitrogen and oxygen atoms in total. The molecule has 0 unspecified atom stereocenters. The van der Waals surface area contributed by atoms with Gasteiger partial charge >= 0.3 is 29.8 Å². The number of cyclic esters (lactones) is 5. The van der Waals surface area contributed by atoms with E-state index in [0.29, 0.717) is 5.56 Å². The molecule has 1 aromatic carbocycles. The van der Waals surface area contributed by atoms with E-state index in [1.165, 1.54) is 39.5 Å². The summed E-state index contributed by atoms with van der Waals surface area (Å²) in [4.78, 5) is 64.6. The number of hydrogen-bond donors (Lipinski definition) is 0. The largest absolute Gasteiger partial charge is 0.454 e. The van der Waals surface area contributed by atoms with Crippen molar-refractivity contribution in [2.45, 2.75) is 77.6 Å². The van der Waals surface area contributed by atoms with Crippen LogP contribution in [0.1, 0.15) is 40.2 Å². The van der Waals surface area contributed by atoms with E-state index >= 15 is 0 Å². The van der Waals surface area contributed by atoms with Gasteiger partial charge in [-0.2, -0.15) is 0 Å². The van der Waals surface area contributed by atoms with E-state index in [0.717, 1.165) is 0 Å². The van der Waals surface area contributed by atoms with E-state index in [2.05, 4.69) is 6.58 Å². The predicted octanol–water partition coefficient (Wildman–Crippen LogP) is 1.72. The Labute approximate surface area is 215 Å². The van der Waals surface area contributed by atoms with Gasteiger partial charge in [0, 0.05) is 19.2 Å². The lowest BCUT2D eigenvalue weighted by molar-refractivity contribution is -0.186. The van der Waals surface area contributed by atoms with Crippen LogP contribution in [0.2, 0.25) is 0 Å². The molecule has 1 aliphatic rings. The molecule has 0 N–H and O–H groups in total. The summed E-state index contributed by atoms with van der Waals surface area (Å²) in [6.07, 6.45) is -6.44. The lowest BCUT2D eigenvalue weighted by Crippen LogP contribution is -2.44. The van der Waals surface area contributed by atoms with Crippen LogP contribution in [0, 0.1) is 0 Å². The van der Waals surface area contributed by atoms with Gasteiger partial charge in [0.05, 0.1) is 0 Å². The molecule has 2 rings (SSSR count). The van der Waals surface area contributed by atoms with E-state index in [9.17, 15) is 24.0 Å². The van der Waals surface area contributed by atoms with Gasteiger partial charge in [0.1, 0.15) is 12.1 Å². The first-order chi connectivity index (χ1) is 17.3. The summed E-state index contributed by atoms with van der Waals surface area (Å²) in [6.45, 7) is 10.7. The van der Waals surface area contributed by atoms with Gasteiger partial charge in [0.2, 0.25) is 6.10 Å². The average Bonchev–Trinajstić information content (AvgIpc) is 2.86. The molecular formula is C26H33NO10. The molecule has 0 aromatic heterocycles. The normalized spacial score (nSPS) is 29.2. The minimum absolute atomic E-state index is 0.0147. The highest BCUT2D eigenvalue weighted by molar-refractivity contribution is 5.86. The van der Waals surface area contributed by atoms with Crippen LogP contribution in [0.5, 0.6) is 0 Å². The molecule has 0 spiro atoms. The van der Waals surface area contributed by atoms with E-state index in [1.54, 1.807) is 37.4 Å². The zero-order chi connectivity index (χ0) is 27.9. The summed E-state index contributed by atoms with van der Waals surface area (Å²) in [5, 5.41) is 0. The van der Waals surface area contributed by atoms with E-state index in [-0.39, 0.29) is 12.1 Å². The van der Waals surface area contributed by atoms with Crippen molar-refractivity contribution in [1.82, 2.24) is 4.90 Å². The number of carbonyl (C=O) groups excluding carboxylic acids is 5. The second-order valence-corrected chi connectivity index (χ2v) is 8.71. The Bertz CT molecular complexity index is 1020. The smallest absolute Gasteiger partial charge is 0.348 e. The van der Waals surface area contributed by atoms with Crippen LogP contribution < -0.4 is 0 Å². The van der Waals surface area contributed by atoms with Crippen molar-refractivity contribution in [1.29, 1.82) is 0 Å². The maximum atomic E-state index is 13.0. The van der Waals surface area contributed by atoms with Gasteiger partial charge < -0.3 is 28.6 Å². The third-order valence-electron chi connectivity index (χ3n) is 5.80. The number of benzene rings is 1. The maximum Gasteiger partial charge on any atom is 0.348 e. The second-order valence-electron chi connectivity index (χ2n) is 8.71. The number of rotatable bonds is 2. The van der Waals surface area contributed by atoms with Gasteiger partial charge in [-0.15, -0.1) is 0 Å². The number of esters is 5. The van der Waals surface area contributed by atoms with Crippen LogP contribution in [0.15, 0.2) is 42.6 Å². The molecule has 1 saturated heterocycles. The van der Waals surface area contributed by atoms with E-state index in [1.807, 2.05) is 0 Å². The van der Waals surface area contributed by atoms with Crippen LogP contribution in [0.4, 0.5) is 0 Å². The van der Waals surface area contributed by atoms with Crippen LogP contribution in [0.3, 0.4) is 0 Å². The number of hydrogen-bond acceptors (Lipinski definition) is 11. The highest BCUT2D eigenvalue weighted by Crippen LogP contribution is 2.17. The van der Waals surface area contributed by atoms with Gasteiger partial charge in [0.25, 0.3) is 0 Å². The van der Waals surface area contributed by atoms with Crippen LogP contribution in [-0.4, -0.2) is 78.4 Å². The summed E-state index contributed by atoms with van der Waals surface area (Å²) in [7, 11) is 1.55. The molecule has 0 bridgehead atoms. The summed E-state index contributed by atoms with van der Waals surface area (Å²) in [5.41, 5.74) is 0.946. The quantitative estimate of drug-likeness (QED) is 0.417. The SMILES string of the molecule is C=C1[C@H](C)OC(=O)[C@H](C)OC(=O)[C@H](C)OC(=O)[C@H](C)OC(=O)[C@H](Cc2ccccc2)OC(=O)[C@H](C)N1C. The van der Waals surface area contributed by atoms with Gasteiger partial charge in [-0.1, -0.05) is 36.9 Å². The fourth-order valence-electron chi connectivity index (χ4n) is 3.21. The highest BCUT2D eigenvalue weighted by atomic mass is 16.6. The molecule has 0 radical (unpaired) electrons. The molecular weight excluding hydrogens is 486 g/mol. The minimum Gasteiger partial charge on any atom is -0.454 e. The minimum atomic E-state index is -1.43. The fraction of sp³-hybridized carbons (Fsp3) is 0.500. The third-order valence-corrected chi connectivity index (χ3v) is 5.80. The lowest BCUT2D eigenvalue weighted by Gasteiger charge is -2.31. The molecule has 1 fully saturated rings. The molecule has 0 saturated carbocycles. The van der Waals surface area contributed by atoms with Crippen molar-refractivity contribution < 1.29 is 47.7 Å². The fourth-order valence-corrected chi connectivity index (χ4v) is 3.21. The van der Waals surface area contributed by atoms with Gasteiger partial charge in [-0.05, 0) is 40.2 Å². The first-order valence-electron chi connectivity index (χ1n) is 11.8. The van der Waals surface area contributed by atoms with Gasteiger partial charge in [-0.3, -0.25) is 0 Å². The van der Waals surface area contributed by atoms with Crippen molar-refractivity contribution in [3.63, 3.8) is 0 Å². The summed E-state index contributed by atoms with van der Waals surface area (Å²) in [5.74, 6) is -4.63. The van der Waals surface area contributed by atoms with Crippen molar-refractivity contribution in [3.8, 4) is 0 Å². The summed E-state index contributed by atoms with van der Waals surface area (Å²) in [6, 6.07) is 7.86. The molecule has 37 heavy (non-hydrogen) atoms.